The lowest BCUT2D eigenvalue weighted by atomic mass is 10.1. The largest absolute Gasteiger partial charge is 0.441 e. The second-order valence-corrected chi connectivity index (χ2v) is 6.07. The first-order chi connectivity index (χ1) is 11.0. The zero-order chi connectivity index (χ0) is 16.8. The number of aryl methyl sites for hydroxylation is 2. The number of rotatable bonds is 7. The Morgan fingerprint density at radius 1 is 1.30 bits per heavy atom. The number of oxazole rings is 1. The molecule has 0 radical (unpaired) electrons. The van der Waals surface area contributed by atoms with Crippen molar-refractivity contribution in [3.63, 3.8) is 0 Å². The Labute approximate surface area is 137 Å². The molecule has 0 aliphatic carbocycles. The maximum atomic E-state index is 12.0. The van der Waals surface area contributed by atoms with E-state index in [1.165, 1.54) is 0 Å². The van der Waals surface area contributed by atoms with Crippen molar-refractivity contribution in [3.8, 4) is 11.5 Å². The number of aromatic nitrogens is 1. The van der Waals surface area contributed by atoms with Gasteiger partial charge in [-0.1, -0.05) is 17.7 Å². The van der Waals surface area contributed by atoms with E-state index in [9.17, 15) is 4.79 Å². The van der Waals surface area contributed by atoms with Crippen LogP contribution in [0.4, 0.5) is 0 Å². The van der Waals surface area contributed by atoms with Crippen LogP contribution in [-0.2, 0) is 11.2 Å². The van der Waals surface area contributed by atoms with Crippen LogP contribution >= 0.6 is 0 Å². The van der Waals surface area contributed by atoms with Crippen molar-refractivity contribution in [2.75, 3.05) is 27.2 Å². The molecule has 1 aromatic heterocycles. The van der Waals surface area contributed by atoms with Crippen LogP contribution in [0.1, 0.15) is 23.4 Å². The van der Waals surface area contributed by atoms with Crippen molar-refractivity contribution in [3.05, 3.63) is 41.3 Å². The topological polar surface area (TPSA) is 58.4 Å². The van der Waals surface area contributed by atoms with Gasteiger partial charge in [0, 0.05) is 12.1 Å². The van der Waals surface area contributed by atoms with Crippen LogP contribution in [0.25, 0.3) is 11.5 Å². The van der Waals surface area contributed by atoms with Crippen LogP contribution in [-0.4, -0.2) is 43.0 Å². The van der Waals surface area contributed by atoms with E-state index >= 15 is 0 Å². The maximum absolute atomic E-state index is 12.0. The number of amides is 1. The smallest absolute Gasteiger partial charge is 0.226 e. The Morgan fingerprint density at radius 2 is 2.09 bits per heavy atom. The molecule has 1 heterocycles. The molecule has 0 atom stereocenters. The van der Waals surface area contributed by atoms with Gasteiger partial charge in [0.25, 0.3) is 0 Å². The molecule has 0 aliphatic rings. The molecule has 5 heteroatoms. The van der Waals surface area contributed by atoms with Crippen molar-refractivity contribution >= 4 is 5.91 Å². The van der Waals surface area contributed by atoms with Gasteiger partial charge in [-0.2, -0.15) is 0 Å². The lowest BCUT2D eigenvalue weighted by Crippen LogP contribution is -2.28. The zero-order valence-corrected chi connectivity index (χ0v) is 14.3. The molecule has 0 spiro atoms. The molecule has 0 unspecified atom stereocenters. The fourth-order valence-electron chi connectivity index (χ4n) is 2.33. The number of nitrogens with zero attached hydrogens (tertiary/aromatic N) is 2. The summed E-state index contributed by atoms with van der Waals surface area (Å²) in [5.41, 5.74) is 2.79. The van der Waals surface area contributed by atoms with Crippen LogP contribution in [0.5, 0.6) is 0 Å². The number of carbonyl (C=O) groups is 1. The molecule has 0 bridgehead atoms. The molecule has 1 N–H and O–H groups in total. The highest BCUT2D eigenvalue weighted by molar-refractivity contribution is 5.78. The molecule has 2 aromatic rings. The summed E-state index contributed by atoms with van der Waals surface area (Å²) in [4.78, 5) is 18.6. The highest BCUT2D eigenvalue weighted by Gasteiger charge is 2.14. The number of hydrogen-bond donors (Lipinski definition) is 1. The quantitative estimate of drug-likeness (QED) is 0.798. The van der Waals surface area contributed by atoms with E-state index in [4.69, 9.17) is 4.42 Å². The summed E-state index contributed by atoms with van der Waals surface area (Å²) < 4.78 is 5.72. The fraction of sp³-hybridized carbons (Fsp3) is 0.444. The summed E-state index contributed by atoms with van der Waals surface area (Å²) in [6.45, 7) is 5.52. The van der Waals surface area contributed by atoms with Gasteiger partial charge in [-0.25, -0.2) is 4.98 Å². The summed E-state index contributed by atoms with van der Waals surface area (Å²) in [6, 6.07) is 7.99. The molecule has 0 fully saturated rings. The molecular formula is C18H25N3O2. The summed E-state index contributed by atoms with van der Waals surface area (Å²) >= 11 is 0. The number of benzene rings is 1. The lowest BCUT2D eigenvalue weighted by molar-refractivity contribution is -0.120. The van der Waals surface area contributed by atoms with Crippen molar-refractivity contribution in [1.82, 2.24) is 15.2 Å². The van der Waals surface area contributed by atoms with Gasteiger partial charge >= 0.3 is 0 Å². The van der Waals surface area contributed by atoms with Crippen LogP contribution in [0.3, 0.4) is 0 Å². The minimum atomic E-state index is -0.0176. The van der Waals surface area contributed by atoms with E-state index in [-0.39, 0.29) is 12.3 Å². The van der Waals surface area contributed by atoms with E-state index in [0.29, 0.717) is 23.9 Å². The van der Waals surface area contributed by atoms with E-state index in [1.54, 1.807) is 0 Å². The number of nitrogens with one attached hydrogen (secondary N) is 1. The molecule has 5 nitrogen and oxygen atoms in total. The van der Waals surface area contributed by atoms with Crippen LogP contribution in [0.2, 0.25) is 0 Å². The third-order valence-electron chi connectivity index (χ3n) is 3.59. The van der Waals surface area contributed by atoms with Crippen LogP contribution in [0, 0.1) is 13.8 Å². The predicted octanol–water partition coefficient (Wildman–Crippen LogP) is 2.57. The van der Waals surface area contributed by atoms with Crippen LogP contribution < -0.4 is 5.32 Å². The highest BCUT2D eigenvalue weighted by atomic mass is 16.4. The minimum absolute atomic E-state index is 0.0176. The van der Waals surface area contributed by atoms with Crippen molar-refractivity contribution in [2.24, 2.45) is 0 Å². The monoisotopic (exact) mass is 315 g/mol. The molecule has 1 aromatic carbocycles. The average Bonchev–Trinajstić information content (AvgIpc) is 2.85. The Kier molecular flexibility index (Phi) is 5.93. The molecule has 23 heavy (non-hydrogen) atoms. The maximum Gasteiger partial charge on any atom is 0.226 e. The Morgan fingerprint density at radius 3 is 2.78 bits per heavy atom. The van der Waals surface area contributed by atoms with Gasteiger partial charge in [-0.05, 0) is 53.0 Å². The SMILES string of the molecule is Cc1cccc(-c2nc(CC(=O)NCCCN(C)C)c(C)o2)c1. The number of hydrogen-bond acceptors (Lipinski definition) is 4. The lowest BCUT2D eigenvalue weighted by Gasteiger charge is -2.09. The second kappa shape index (κ2) is 7.92. The van der Waals surface area contributed by atoms with Gasteiger partial charge in [-0.15, -0.1) is 0 Å². The third kappa shape index (κ3) is 5.21. The van der Waals surface area contributed by atoms with Gasteiger partial charge in [-0.3, -0.25) is 4.79 Å². The normalized spacial score (nSPS) is 11.0. The minimum Gasteiger partial charge on any atom is -0.441 e. The number of carbonyl (C=O) groups excluding carboxylic acids is 1. The standard InChI is InChI=1S/C18H25N3O2/c1-13-7-5-8-15(11-13)18-20-16(14(2)23-18)12-17(22)19-9-6-10-21(3)4/h5,7-8,11H,6,9-10,12H2,1-4H3,(H,19,22). The molecule has 2 rings (SSSR count). The van der Waals surface area contributed by atoms with Crippen LogP contribution in [0.15, 0.2) is 28.7 Å². The van der Waals surface area contributed by atoms with E-state index in [0.717, 1.165) is 24.1 Å². The summed E-state index contributed by atoms with van der Waals surface area (Å²) in [6.07, 6.45) is 1.19. The first-order valence-corrected chi connectivity index (χ1v) is 7.90. The summed E-state index contributed by atoms with van der Waals surface area (Å²) in [7, 11) is 4.04. The van der Waals surface area contributed by atoms with Gasteiger partial charge in [0.1, 0.15) is 5.76 Å². The molecule has 1 amide bonds. The molecule has 0 saturated heterocycles. The van der Waals surface area contributed by atoms with Crippen molar-refractivity contribution in [1.29, 1.82) is 0 Å². The Hall–Kier alpha value is -2.14. The molecular weight excluding hydrogens is 290 g/mol. The van der Waals surface area contributed by atoms with E-state index in [1.807, 2.05) is 52.2 Å². The van der Waals surface area contributed by atoms with Crippen molar-refractivity contribution < 1.29 is 9.21 Å². The average molecular weight is 315 g/mol. The second-order valence-electron chi connectivity index (χ2n) is 6.07. The fourth-order valence-corrected chi connectivity index (χ4v) is 2.33. The Bertz CT molecular complexity index is 662. The molecule has 0 aliphatic heterocycles. The van der Waals surface area contributed by atoms with Gasteiger partial charge in [0.2, 0.25) is 11.8 Å². The first kappa shape index (κ1) is 17.2. The zero-order valence-electron chi connectivity index (χ0n) is 14.3. The van der Waals surface area contributed by atoms with E-state index in [2.05, 4.69) is 15.2 Å². The third-order valence-corrected chi connectivity index (χ3v) is 3.59. The summed E-state index contributed by atoms with van der Waals surface area (Å²) in [5.74, 6) is 1.25. The molecule has 124 valence electrons. The predicted molar refractivity (Wildman–Crippen MR) is 91.3 cm³/mol. The Balaban J connectivity index is 1.95. The van der Waals surface area contributed by atoms with Gasteiger partial charge < -0.3 is 14.6 Å². The van der Waals surface area contributed by atoms with Crippen molar-refractivity contribution in [2.45, 2.75) is 26.7 Å². The van der Waals surface area contributed by atoms with E-state index < -0.39 is 0 Å². The van der Waals surface area contributed by atoms with Gasteiger partial charge in [0.05, 0.1) is 12.1 Å². The first-order valence-electron chi connectivity index (χ1n) is 7.90. The van der Waals surface area contributed by atoms with Gasteiger partial charge in [0.15, 0.2) is 0 Å². The summed E-state index contributed by atoms with van der Waals surface area (Å²) in [5, 5.41) is 2.92. The highest BCUT2D eigenvalue weighted by Crippen LogP contribution is 2.22. The molecule has 0 saturated carbocycles.